The summed E-state index contributed by atoms with van der Waals surface area (Å²) in [6, 6.07) is 10.8. The minimum atomic E-state index is -3.02. The lowest BCUT2D eigenvalue weighted by atomic mass is 10.1. The largest absolute Gasteiger partial charge is 0.497 e. The SMILES string of the molecule is COc1ccc(C(=O)N2CCN(C(=O)c3ccccc3OC(F)F)CC2)c(OC)c1. The number of amides is 2. The maximum Gasteiger partial charge on any atom is 0.387 e. The van der Waals surface area contributed by atoms with Crippen LogP contribution in [0.4, 0.5) is 8.78 Å². The zero-order valence-corrected chi connectivity index (χ0v) is 16.6. The Morgan fingerprint density at radius 1 is 0.833 bits per heavy atom. The maximum absolute atomic E-state index is 12.9. The molecule has 0 radical (unpaired) electrons. The van der Waals surface area contributed by atoms with Crippen LogP contribution in [0.15, 0.2) is 42.5 Å². The van der Waals surface area contributed by atoms with E-state index in [1.807, 2.05) is 0 Å². The van der Waals surface area contributed by atoms with Crippen molar-refractivity contribution < 1.29 is 32.6 Å². The predicted molar refractivity (Wildman–Crippen MR) is 104 cm³/mol. The van der Waals surface area contributed by atoms with Gasteiger partial charge in [0.1, 0.15) is 17.2 Å². The smallest absolute Gasteiger partial charge is 0.387 e. The molecule has 1 saturated heterocycles. The van der Waals surface area contributed by atoms with Gasteiger partial charge in [-0.1, -0.05) is 12.1 Å². The Morgan fingerprint density at radius 2 is 1.40 bits per heavy atom. The first-order valence-corrected chi connectivity index (χ1v) is 9.29. The molecule has 2 aromatic carbocycles. The number of hydrogen-bond donors (Lipinski definition) is 0. The molecule has 0 aliphatic carbocycles. The number of benzene rings is 2. The van der Waals surface area contributed by atoms with Crippen LogP contribution in [-0.4, -0.2) is 68.6 Å². The van der Waals surface area contributed by atoms with Gasteiger partial charge in [-0.05, 0) is 24.3 Å². The van der Waals surface area contributed by atoms with E-state index in [0.717, 1.165) is 0 Å². The quantitative estimate of drug-likeness (QED) is 0.719. The van der Waals surface area contributed by atoms with Crippen molar-refractivity contribution >= 4 is 11.8 Å². The lowest BCUT2D eigenvalue weighted by Gasteiger charge is -2.35. The molecule has 7 nitrogen and oxygen atoms in total. The molecule has 1 fully saturated rings. The Kier molecular flexibility index (Phi) is 6.71. The van der Waals surface area contributed by atoms with Crippen LogP contribution in [0.2, 0.25) is 0 Å². The summed E-state index contributed by atoms with van der Waals surface area (Å²) in [5.41, 5.74) is 0.461. The zero-order valence-electron chi connectivity index (χ0n) is 16.6. The summed E-state index contributed by atoms with van der Waals surface area (Å²) in [4.78, 5) is 28.8. The number of piperazine rings is 1. The summed E-state index contributed by atoms with van der Waals surface area (Å²) < 4.78 is 40.1. The Balaban J connectivity index is 1.68. The molecule has 2 amide bonds. The third kappa shape index (κ3) is 4.61. The first kappa shape index (κ1) is 21.4. The van der Waals surface area contributed by atoms with Crippen LogP contribution in [0.25, 0.3) is 0 Å². The number of methoxy groups -OCH3 is 2. The van der Waals surface area contributed by atoms with Crippen LogP contribution in [0.1, 0.15) is 20.7 Å². The van der Waals surface area contributed by atoms with Gasteiger partial charge in [0.05, 0.1) is 25.3 Å². The van der Waals surface area contributed by atoms with Gasteiger partial charge in [0.15, 0.2) is 0 Å². The van der Waals surface area contributed by atoms with Gasteiger partial charge in [-0.2, -0.15) is 8.78 Å². The Labute approximate surface area is 172 Å². The van der Waals surface area contributed by atoms with E-state index in [9.17, 15) is 18.4 Å². The highest BCUT2D eigenvalue weighted by Gasteiger charge is 2.28. The van der Waals surface area contributed by atoms with Gasteiger partial charge in [-0.25, -0.2) is 0 Å². The second kappa shape index (κ2) is 9.43. The zero-order chi connectivity index (χ0) is 21.7. The first-order chi connectivity index (χ1) is 14.4. The number of ether oxygens (including phenoxy) is 3. The number of nitrogens with zero attached hydrogens (tertiary/aromatic N) is 2. The van der Waals surface area contributed by atoms with Gasteiger partial charge in [0.2, 0.25) is 0 Å². The molecule has 0 saturated carbocycles. The fourth-order valence-corrected chi connectivity index (χ4v) is 3.27. The second-order valence-electron chi connectivity index (χ2n) is 6.53. The summed E-state index contributed by atoms with van der Waals surface area (Å²) in [7, 11) is 3.00. The van der Waals surface area contributed by atoms with Crippen molar-refractivity contribution in [3.05, 3.63) is 53.6 Å². The Hall–Kier alpha value is -3.36. The molecular formula is C21H22F2N2O5. The lowest BCUT2D eigenvalue weighted by molar-refractivity contribution is -0.0503. The number of alkyl halides is 2. The molecular weight excluding hydrogens is 398 g/mol. The summed E-state index contributed by atoms with van der Waals surface area (Å²) in [6.45, 7) is -1.87. The average molecular weight is 420 g/mol. The van der Waals surface area contributed by atoms with E-state index in [1.54, 1.807) is 29.2 Å². The number of rotatable bonds is 6. The molecule has 9 heteroatoms. The van der Waals surface area contributed by atoms with Crippen LogP contribution >= 0.6 is 0 Å². The van der Waals surface area contributed by atoms with E-state index in [1.165, 1.54) is 37.3 Å². The molecule has 0 unspecified atom stereocenters. The van der Waals surface area contributed by atoms with Crippen molar-refractivity contribution in [1.29, 1.82) is 0 Å². The molecule has 2 aromatic rings. The molecule has 1 aliphatic heterocycles. The molecule has 0 bridgehead atoms. The Morgan fingerprint density at radius 3 is 1.93 bits per heavy atom. The summed E-state index contributed by atoms with van der Waals surface area (Å²) in [5, 5.41) is 0. The highest BCUT2D eigenvalue weighted by Crippen LogP contribution is 2.27. The van der Waals surface area contributed by atoms with Gasteiger partial charge in [-0.3, -0.25) is 9.59 Å². The summed E-state index contributed by atoms with van der Waals surface area (Å²) in [5.74, 6) is 0.168. The minimum absolute atomic E-state index is 0.0643. The van der Waals surface area contributed by atoms with E-state index in [4.69, 9.17) is 9.47 Å². The van der Waals surface area contributed by atoms with Crippen molar-refractivity contribution in [2.45, 2.75) is 6.61 Å². The first-order valence-electron chi connectivity index (χ1n) is 9.29. The van der Waals surface area contributed by atoms with E-state index in [0.29, 0.717) is 30.2 Å². The topological polar surface area (TPSA) is 68.3 Å². The molecule has 0 aromatic heterocycles. The monoisotopic (exact) mass is 420 g/mol. The van der Waals surface area contributed by atoms with Crippen LogP contribution in [0.5, 0.6) is 17.2 Å². The van der Waals surface area contributed by atoms with Crippen LogP contribution in [0.3, 0.4) is 0 Å². The predicted octanol–water partition coefficient (Wildman–Crippen LogP) is 2.90. The molecule has 0 N–H and O–H groups in total. The van der Waals surface area contributed by atoms with Crippen LogP contribution in [-0.2, 0) is 0 Å². The number of carbonyl (C=O) groups is 2. The number of para-hydroxylation sites is 1. The fourth-order valence-electron chi connectivity index (χ4n) is 3.27. The molecule has 160 valence electrons. The van der Waals surface area contributed by atoms with Crippen molar-refractivity contribution in [1.82, 2.24) is 9.80 Å². The number of carbonyl (C=O) groups excluding carboxylic acids is 2. The number of halogens is 2. The molecule has 3 rings (SSSR count). The second-order valence-corrected chi connectivity index (χ2v) is 6.53. The minimum Gasteiger partial charge on any atom is -0.497 e. The van der Waals surface area contributed by atoms with Crippen molar-refractivity contribution in [2.24, 2.45) is 0 Å². The molecule has 0 atom stereocenters. The normalized spacial score (nSPS) is 13.9. The van der Waals surface area contributed by atoms with E-state index in [2.05, 4.69) is 4.74 Å². The highest BCUT2D eigenvalue weighted by molar-refractivity contribution is 5.98. The maximum atomic E-state index is 12.9. The van der Waals surface area contributed by atoms with Crippen LogP contribution in [0, 0.1) is 0 Å². The van der Waals surface area contributed by atoms with Crippen molar-refractivity contribution in [2.75, 3.05) is 40.4 Å². The average Bonchev–Trinajstić information content (AvgIpc) is 2.77. The third-order valence-electron chi connectivity index (χ3n) is 4.83. The van der Waals surface area contributed by atoms with Crippen molar-refractivity contribution in [3.8, 4) is 17.2 Å². The Bertz CT molecular complexity index is 914. The third-order valence-corrected chi connectivity index (χ3v) is 4.83. The summed E-state index contributed by atoms with van der Waals surface area (Å²) >= 11 is 0. The van der Waals surface area contributed by atoms with E-state index < -0.39 is 12.5 Å². The van der Waals surface area contributed by atoms with Crippen molar-refractivity contribution in [3.63, 3.8) is 0 Å². The lowest BCUT2D eigenvalue weighted by Crippen LogP contribution is -2.50. The fraction of sp³-hybridized carbons (Fsp3) is 0.333. The van der Waals surface area contributed by atoms with Gasteiger partial charge >= 0.3 is 6.61 Å². The number of hydrogen-bond acceptors (Lipinski definition) is 5. The van der Waals surface area contributed by atoms with Gasteiger partial charge < -0.3 is 24.0 Å². The highest BCUT2D eigenvalue weighted by atomic mass is 19.3. The summed E-state index contributed by atoms with van der Waals surface area (Å²) in [6.07, 6.45) is 0. The van der Waals surface area contributed by atoms with E-state index in [-0.39, 0.29) is 30.3 Å². The molecule has 1 aliphatic rings. The van der Waals surface area contributed by atoms with E-state index >= 15 is 0 Å². The molecule has 30 heavy (non-hydrogen) atoms. The van der Waals surface area contributed by atoms with Crippen LogP contribution < -0.4 is 14.2 Å². The molecule has 1 heterocycles. The molecule has 0 spiro atoms. The van der Waals surface area contributed by atoms with Gasteiger partial charge in [-0.15, -0.1) is 0 Å². The standard InChI is InChI=1S/C21H22F2N2O5/c1-28-14-7-8-16(18(13-14)29-2)20(27)25-11-9-24(10-12-25)19(26)15-5-3-4-6-17(15)30-21(22)23/h3-8,13,21H,9-12H2,1-2H3. The van der Waals surface area contributed by atoms with Gasteiger partial charge in [0, 0.05) is 32.2 Å². The van der Waals surface area contributed by atoms with Gasteiger partial charge in [0.25, 0.3) is 11.8 Å².